The third-order valence-electron chi connectivity index (χ3n) is 3.69. The fraction of sp³-hybridized carbons (Fsp3) is 0.375. The molecule has 0 radical (unpaired) electrons. The highest BCUT2D eigenvalue weighted by atomic mass is 16.5. The summed E-state index contributed by atoms with van der Waals surface area (Å²) in [5.41, 5.74) is 0.991. The molecule has 1 atom stereocenters. The summed E-state index contributed by atoms with van der Waals surface area (Å²) in [6.45, 7) is 4.03. The van der Waals surface area contributed by atoms with E-state index in [2.05, 4.69) is 29.2 Å². The van der Waals surface area contributed by atoms with Crippen LogP contribution in [-0.4, -0.2) is 42.9 Å². The summed E-state index contributed by atoms with van der Waals surface area (Å²) in [6, 6.07) is 14.4. The molecule has 3 nitrogen and oxygen atoms in total. The average Bonchev–Trinajstić information content (AvgIpc) is 2.48. The van der Waals surface area contributed by atoms with Gasteiger partial charge in [0.1, 0.15) is 0 Å². The Labute approximate surface area is 113 Å². The normalized spacial score (nSPS) is 18.6. The Kier molecular flexibility index (Phi) is 3.78. The zero-order valence-corrected chi connectivity index (χ0v) is 11.0. The number of aliphatic hydroxyl groups excluding tert-OH is 1. The molecule has 0 bridgehead atoms. The van der Waals surface area contributed by atoms with Crippen molar-refractivity contribution in [3.8, 4) is 0 Å². The second-order valence-corrected chi connectivity index (χ2v) is 5.04. The highest BCUT2D eigenvalue weighted by molar-refractivity contribution is 5.83. The van der Waals surface area contributed by atoms with Crippen molar-refractivity contribution in [1.82, 2.24) is 4.90 Å². The van der Waals surface area contributed by atoms with Gasteiger partial charge in [0.15, 0.2) is 0 Å². The molecule has 2 aromatic rings. The number of rotatable bonds is 3. The van der Waals surface area contributed by atoms with E-state index in [0.717, 1.165) is 31.9 Å². The van der Waals surface area contributed by atoms with Crippen LogP contribution in [0.1, 0.15) is 11.7 Å². The second-order valence-electron chi connectivity index (χ2n) is 5.04. The Morgan fingerprint density at radius 3 is 2.58 bits per heavy atom. The van der Waals surface area contributed by atoms with E-state index in [9.17, 15) is 5.11 Å². The molecule has 0 amide bonds. The first-order valence-corrected chi connectivity index (χ1v) is 6.80. The molecule has 2 aromatic carbocycles. The largest absolute Gasteiger partial charge is 0.387 e. The Morgan fingerprint density at radius 1 is 1.05 bits per heavy atom. The van der Waals surface area contributed by atoms with Crippen molar-refractivity contribution in [1.29, 1.82) is 0 Å². The summed E-state index contributed by atoms with van der Waals surface area (Å²) in [5.74, 6) is 0. The number of hydrogen-bond acceptors (Lipinski definition) is 3. The third kappa shape index (κ3) is 2.95. The van der Waals surface area contributed by atoms with Crippen LogP contribution in [0.15, 0.2) is 42.5 Å². The van der Waals surface area contributed by atoms with Crippen molar-refractivity contribution in [3.05, 3.63) is 48.0 Å². The van der Waals surface area contributed by atoms with Crippen LogP contribution >= 0.6 is 0 Å². The zero-order chi connectivity index (χ0) is 13.1. The lowest BCUT2D eigenvalue weighted by molar-refractivity contribution is 0.0143. The van der Waals surface area contributed by atoms with E-state index >= 15 is 0 Å². The standard InChI is InChI=1S/C16H19NO2/c18-16(12-17-7-9-19-10-8-17)15-6-5-13-3-1-2-4-14(13)11-15/h1-6,11,16,18H,7-10,12H2. The first-order chi connectivity index (χ1) is 9.33. The molecule has 1 aliphatic heterocycles. The number of benzene rings is 2. The van der Waals surface area contributed by atoms with E-state index < -0.39 is 6.10 Å². The molecule has 100 valence electrons. The fourth-order valence-electron chi connectivity index (χ4n) is 2.55. The van der Waals surface area contributed by atoms with Crippen molar-refractivity contribution >= 4 is 10.8 Å². The van der Waals surface area contributed by atoms with Gasteiger partial charge in [0.05, 0.1) is 19.3 Å². The molecule has 3 heteroatoms. The molecule has 0 saturated carbocycles. The van der Waals surface area contributed by atoms with Crippen molar-refractivity contribution in [3.63, 3.8) is 0 Å². The van der Waals surface area contributed by atoms with Crippen LogP contribution in [0.2, 0.25) is 0 Å². The van der Waals surface area contributed by atoms with Crippen LogP contribution in [-0.2, 0) is 4.74 Å². The van der Waals surface area contributed by atoms with Gasteiger partial charge in [-0.05, 0) is 22.4 Å². The lowest BCUT2D eigenvalue weighted by atomic mass is 10.0. The van der Waals surface area contributed by atoms with Crippen LogP contribution < -0.4 is 0 Å². The van der Waals surface area contributed by atoms with Gasteiger partial charge in [0.25, 0.3) is 0 Å². The summed E-state index contributed by atoms with van der Waals surface area (Å²) in [4.78, 5) is 2.25. The van der Waals surface area contributed by atoms with Crippen molar-refractivity contribution in [2.24, 2.45) is 0 Å². The lowest BCUT2D eigenvalue weighted by Crippen LogP contribution is -2.38. The quantitative estimate of drug-likeness (QED) is 0.915. The summed E-state index contributed by atoms with van der Waals surface area (Å²) >= 11 is 0. The molecular weight excluding hydrogens is 238 g/mol. The minimum Gasteiger partial charge on any atom is -0.387 e. The van der Waals surface area contributed by atoms with Gasteiger partial charge < -0.3 is 9.84 Å². The van der Waals surface area contributed by atoms with E-state index in [1.165, 1.54) is 10.8 Å². The van der Waals surface area contributed by atoms with Gasteiger partial charge in [-0.15, -0.1) is 0 Å². The highest BCUT2D eigenvalue weighted by Gasteiger charge is 2.16. The zero-order valence-electron chi connectivity index (χ0n) is 11.0. The van der Waals surface area contributed by atoms with E-state index in [1.54, 1.807) is 0 Å². The Balaban J connectivity index is 1.75. The maximum atomic E-state index is 10.3. The minimum atomic E-state index is -0.428. The molecule has 0 aromatic heterocycles. The summed E-state index contributed by atoms with van der Waals surface area (Å²) < 4.78 is 5.32. The van der Waals surface area contributed by atoms with Gasteiger partial charge in [0, 0.05) is 19.6 Å². The molecule has 1 heterocycles. The maximum absolute atomic E-state index is 10.3. The first kappa shape index (κ1) is 12.6. The summed E-state index contributed by atoms with van der Waals surface area (Å²) in [6.07, 6.45) is -0.428. The fourth-order valence-corrected chi connectivity index (χ4v) is 2.55. The molecule has 19 heavy (non-hydrogen) atoms. The van der Waals surface area contributed by atoms with Crippen molar-refractivity contribution in [2.75, 3.05) is 32.8 Å². The van der Waals surface area contributed by atoms with Crippen LogP contribution in [0.3, 0.4) is 0 Å². The summed E-state index contributed by atoms with van der Waals surface area (Å²) in [5, 5.41) is 12.7. The van der Waals surface area contributed by atoms with Crippen LogP contribution in [0, 0.1) is 0 Å². The first-order valence-electron chi connectivity index (χ1n) is 6.80. The topological polar surface area (TPSA) is 32.7 Å². The molecule has 3 rings (SSSR count). The van der Waals surface area contributed by atoms with Crippen LogP contribution in [0.4, 0.5) is 0 Å². The monoisotopic (exact) mass is 257 g/mol. The smallest absolute Gasteiger partial charge is 0.0917 e. The third-order valence-corrected chi connectivity index (χ3v) is 3.69. The van der Waals surface area contributed by atoms with Crippen molar-refractivity contribution in [2.45, 2.75) is 6.10 Å². The molecule has 0 aliphatic carbocycles. The van der Waals surface area contributed by atoms with Crippen LogP contribution in [0.25, 0.3) is 10.8 Å². The lowest BCUT2D eigenvalue weighted by Gasteiger charge is -2.28. The van der Waals surface area contributed by atoms with Crippen LogP contribution in [0.5, 0.6) is 0 Å². The van der Waals surface area contributed by atoms with Gasteiger partial charge >= 0.3 is 0 Å². The van der Waals surface area contributed by atoms with Gasteiger partial charge in [0.2, 0.25) is 0 Å². The van der Waals surface area contributed by atoms with E-state index in [-0.39, 0.29) is 0 Å². The average molecular weight is 257 g/mol. The number of hydrogen-bond donors (Lipinski definition) is 1. The number of morpholine rings is 1. The van der Waals surface area contributed by atoms with E-state index in [0.29, 0.717) is 6.54 Å². The number of ether oxygens (including phenoxy) is 1. The predicted molar refractivity (Wildman–Crippen MR) is 76.2 cm³/mol. The number of β-amino-alcohol motifs (C(OH)–C–C–N with tert-alkyl or cyclic N) is 1. The minimum absolute atomic E-state index is 0.428. The molecule has 1 unspecified atom stereocenters. The SMILES string of the molecule is OC(CN1CCOCC1)c1ccc2ccccc2c1. The molecular formula is C16H19NO2. The number of nitrogens with zero attached hydrogens (tertiary/aromatic N) is 1. The Morgan fingerprint density at radius 2 is 1.79 bits per heavy atom. The van der Waals surface area contributed by atoms with Crippen molar-refractivity contribution < 1.29 is 9.84 Å². The number of fused-ring (bicyclic) bond motifs is 1. The van der Waals surface area contributed by atoms with Gasteiger partial charge in [-0.3, -0.25) is 4.90 Å². The van der Waals surface area contributed by atoms with Gasteiger partial charge in [-0.2, -0.15) is 0 Å². The molecule has 1 N–H and O–H groups in total. The molecule has 1 fully saturated rings. The van der Waals surface area contributed by atoms with E-state index in [4.69, 9.17) is 4.74 Å². The molecule has 0 spiro atoms. The summed E-state index contributed by atoms with van der Waals surface area (Å²) in [7, 11) is 0. The molecule has 1 aliphatic rings. The van der Waals surface area contributed by atoms with Gasteiger partial charge in [-0.25, -0.2) is 0 Å². The Hall–Kier alpha value is -1.42. The second kappa shape index (κ2) is 5.70. The predicted octanol–water partition coefficient (Wildman–Crippen LogP) is 2.21. The number of aliphatic hydroxyl groups is 1. The highest BCUT2D eigenvalue weighted by Crippen LogP contribution is 2.21. The Bertz CT molecular complexity index is 549. The maximum Gasteiger partial charge on any atom is 0.0917 e. The van der Waals surface area contributed by atoms with E-state index in [1.807, 2.05) is 18.2 Å². The van der Waals surface area contributed by atoms with Gasteiger partial charge in [-0.1, -0.05) is 36.4 Å². The molecule has 1 saturated heterocycles.